The molecule has 1 aromatic rings. The van der Waals surface area contributed by atoms with Gasteiger partial charge in [-0.25, -0.2) is 0 Å². The number of hydrogen-bond acceptors (Lipinski definition) is 2. The van der Waals surface area contributed by atoms with Gasteiger partial charge in [0.15, 0.2) is 0 Å². The lowest BCUT2D eigenvalue weighted by molar-refractivity contribution is -0.128. The van der Waals surface area contributed by atoms with Gasteiger partial charge >= 0.3 is 0 Å². The van der Waals surface area contributed by atoms with E-state index in [1.54, 1.807) is 7.05 Å². The van der Waals surface area contributed by atoms with Crippen LogP contribution in [0.25, 0.3) is 0 Å². The zero-order valence-corrected chi connectivity index (χ0v) is 13.2. The quantitative estimate of drug-likeness (QED) is 0.897. The van der Waals surface area contributed by atoms with E-state index < -0.39 is 11.1 Å². The molecule has 1 rings (SSSR count). The lowest BCUT2D eigenvalue weighted by Gasteiger charge is -2.32. The first-order valence-corrected chi connectivity index (χ1v) is 6.76. The van der Waals surface area contributed by atoms with Gasteiger partial charge in [0.05, 0.1) is 11.1 Å². The molecule has 3 nitrogen and oxygen atoms in total. The van der Waals surface area contributed by atoms with Crippen LogP contribution in [0.2, 0.25) is 0 Å². The van der Waals surface area contributed by atoms with Crippen molar-refractivity contribution in [3.05, 3.63) is 34.3 Å². The molecule has 2 N–H and O–H groups in total. The first-order valence-electron chi connectivity index (χ1n) is 5.96. The maximum absolute atomic E-state index is 12.2. The average Bonchev–Trinajstić information content (AvgIpc) is 2.29. The molecule has 0 bridgehead atoms. The number of amides is 1. The SMILES string of the molecule is CNC(C)(C)C(=O)NC(C)(C)c1ccc(Br)cc1. The van der Waals surface area contributed by atoms with E-state index in [0.717, 1.165) is 10.0 Å². The van der Waals surface area contributed by atoms with Gasteiger partial charge in [-0.05, 0) is 52.4 Å². The number of halogens is 1. The van der Waals surface area contributed by atoms with Gasteiger partial charge in [0, 0.05) is 4.47 Å². The summed E-state index contributed by atoms with van der Waals surface area (Å²) in [4.78, 5) is 12.2. The summed E-state index contributed by atoms with van der Waals surface area (Å²) in [5, 5.41) is 6.07. The molecule has 0 heterocycles. The Hall–Kier alpha value is -0.870. The van der Waals surface area contributed by atoms with Crippen molar-refractivity contribution < 1.29 is 4.79 Å². The summed E-state index contributed by atoms with van der Waals surface area (Å²) in [6.45, 7) is 7.72. The molecule has 0 saturated heterocycles. The van der Waals surface area contributed by atoms with Crippen LogP contribution in [0, 0.1) is 0 Å². The molecule has 4 heteroatoms. The number of carbonyl (C=O) groups excluding carboxylic acids is 1. The minimum absolute atomic E-state index is 0.0158. The summed E-state index contributed by atoms with van der Waals surface area (Å²) >= 11 is 3.41. The van der Waals surface area contributed by atoms with E-state index in [1.165, 1.54) is 0 Å². The Morgan fingerprint density at radius 1 is 1.11 bits per heavy atom. The largest absolute Gasteiger partial charge is 0.346 e. The van der Waals surface area contributed by atoms with Crippen LogP contribution in [0.5, 0.6) is 0 Å². The van der Waals surface area contributed by atoms with Crippen molar-refractivity contribution in [2.75, 3.05) is 7.05 Å². The van der Waals surface area contributed by atoms with Crippen molar-refractivity contribution in [3.63, 3.8) is 0 Å². The van der Waals surface area contributed by atoms with Crippen molar-refractivity contribution in [1.82, 2.24) is 10.6 Å². The maximum atomic E-state index is 12.2. The van der Waals surface area contributed by atoms with Crippen LogP contribution >= 0.6 is 15.9 Å². The third-order valence-electron chi connectivity index (χ3n) is 3.18. The molecule has 0 aliphatic rings. The van der Waals surface area contributed by atoms with Crippen molar-refractivity contribution >= 4 is 21.8 Å². The van der Waals surface area contributed by atoms with E-state index in [0.29, 0.717) is 0 Å². The van der Waals surface area contributed by atoms with E-state index >= 15 is 0 Å². The molecular formula is C14H21BrN2O. The first-order chi connectivity index (χ1) is 8.19. The van der Waals surface area contributed by atoms with Gasteiger partial charge < -0.3 is 10.6 Å². The topological polar surface area (TPSA) is 41.1 Å². The molecule has 0 radical (unpaired) electrons. The predicted molar refractivity (Wildman–Crippen MR) is 78.4 cm³/mol. The molecule has 100 valence electrons. The second-order valence-corrected chi connectivity index (χ2v) is 6.38. The van der Waals surface area contributed by atoms with Crippen LogP contribution in [0.1, 0.15) is 33.3 Å². The van der Waals surface area contributed by atoms with Crippen LogP contribution in [-0.4, -0.2) is 18.5 Å². The molecule has 0 atom stereocenters. The molecule has 0 aliphatic carbocycles. The number of rotatable bonds is 4. The van der Waals surface area contributed by atoms with Crippen LogP contribution in [0.15, 0.2) is 28.7 Å². The predicted octanol–water partition coefficient (Wildman–Crippen LogP) is 2.80. The molecular weight excluding hydrogens is 292 g/mol. The van der Waals surface area contributed by atoms with Crippen LogP contribution in [0.4, 0.5) is 0 Å². The van der Waals surface area contributed by atoms with Crippen molar-refractivity contribution in [1.29, 1.82) is 0 Å². The molecule has 0 spiro atoms. The minimum atomic E-state index is -0.577. The monoisotopic (exact) mass is 312 g/mol. The number of carbonyl (C=O) groups is 1. The molecule has 18 heavy (non-hydrogen) atoms. The Morgan fingerprint density at radius 2 is 1.61 bits per heavy atom. The molecule has 0 saturated carbocycles. The van der Waals surface area contributed by atoms with Gasteiger partial charge in [-0.3, -0.25) is 4.79 Å². The summed E-state index contributed by atoms with van der Waals surface area (Å²) in [6, 6.07) is 7.98. The fourth-order valence-corrected chi connectivity index (χ4v) is 1.76. The van der Waals surface area contributed by atoms with E-state index in [2.05, 4.69) is 26.6 Å². The summed E-state index contributed by atoms with van der Waals surface area (Å²) in [7, 11) is 1.78. The third kappa shape index (κ3) is 3.56. The number of nitrogens with one attached hydrogen (secondary N) is 2. The van der Waals surface area contributed by atoms with Crippen LogP contribution in [0.3, 0.4) is 0 Å². The first kappa shape index (κ1) is 15.2. The summed E-state index contributed by atoms with van der Waals surface area (Å²) in [5.74, 6) is -0.0158. The maximum Gasteiger partial charge on any atom is 0.240 e. The highest BCUT2D eigenvalue weighted by Crippen LogP contribution is 2.22. The van der Waals surface area contributed by atoms with Crippen LogP contribution in [-0.2, 0) is 10.3 Å². The summed E-state index contributed by atoms with van der Waals surface area (Å²) < 4.78 is 1.03. The van der Waals surface area contributed by atoms with Crippen molar-refractivity contribution in [2.45, 2.75) is 38.8 Å². The van der Waals surface area contributed by atoms with Gasteiger partial charge in [-0.2, -0.15) is 0 Å². The Balaban J connectivity index is 2.88. The van der Waals surface area contributed by atoms with Gasteiger partial charge in [-0.15, -0.1) is 0 Å². The standard InChI is InChI=1S/C14H21BrN2O/c1-13(2,10-6-8-11(15)9-7-10)17-12(18)14(3,4)16-5/h6-9,16H,1-5H3,(H,17,18). The Kier molecular flexibility index (Phi) is 4.56. The highest BCUT2D eigenvalue weighted by Gasteiger charge is 2.31. The highest BCUT2D eigenvalue weighted by atomic mass is 79.9. The fraction of sp³-hybridized carbons (Fsp3) is 0.500. The Morgan fingerprint density at radius 3 is 2.06 bits per heavy atom. The normalized spacial score (nSPS) is 12.3. The van der Waals surface area contributed by atoms with Gasteiger partial charge in [0.25, 0.3) is 0 Å². The lowest BCUT2D eigenvalue weighted by atomic mass is 9.92. The smallest absolute Gasteiger partial charge is 0.240 e. The molecule has 0 unspecified atom stereocenters. The summed E-state index contributed by atoms with van der Waals surface area (Å²) in [5.41, 5.74) is 0.101. The fourth-order valence-electron chi connectivity index (χ4n) is 1.49. The highest BCUT2D eigenvalue weighted by molar-refractivity contribution is 9.10. The van der Waals surface area contributed by atoms with Crippen LogP contribution < -0.4 is 10.6 Å². The molecule has 0 aromatic heterocycles. The zero-order chi connectivity index (χ0) is 14.0. The van der Waals surface area contributed by atoms with Gasteiger partial charge in [0.1, 0.15) is 0 Å². The lowest BCUT2D eigenvalue weighted by Crippen LogP contribution is -2.55. The van der Waals surface area contributed by atoms with Crippen molar-refractivity contribution in [3.8, 4) is 0 Å². The molecule has 0 aliphatic heterocycles. The minimum Gasteiger partial charge on any atom is -0.346 e. The Labute approximate surface area is 117 Å². The van der Waals surface area contributed by atoms with E-state index in [-0.39, 0.29) is 5.91 Å². The molecule has 1 amide bonds. The Bertz CT molecular complexity index is 424. The third-order valence-corrected chi connectivity index (χ3v) is 3.71. The van der Waals surface area contributed by atoms with Gasteiger partial charge in [0.2, 0.25) is 5.91 Å². The van der Waals surface area contributed by atoms with Crippen molar-refractivity contribution in [2.24, 2.45) is 0 Å². The average molecular weight is 313 g/mol. The number of hydrogen-bond donors (Lipinski definition) is 2. The second kappa shape index (κ2) is 5.41. The van der Waals surface area contributed by atoms with Gasteiger partial charge in [-0.1, -0.05) is 28.1 Å². The summed E-state index contributed by atoms with van der Waals surface area (Å²) in [6.07, 6.45) is 0. The number of benzene rings is 1. The van der Waals surface area contributed by atoms with E-state index in [9.17, 15) is 4.79 Å². The number of likely N-dealkylation sites (N-methyl/N-ethyl adjacent to an activating group) is 1. The van der Waals surface area contributed by atoms with E-state index in [4.69, 9.17) is 0 Å². The molecule has 0 fully saturated rings. The van der Waals surface area contributed by atoms with E-state index in [1.807, 2.05) is 52.0 Å². The zero-order valence-electron chi connectivity index (χ0n) is 11.6. The second-order valence-electron chi connectivity index (χ2n) is 5.46. The molecule has 1 aromatic carbocycles.